The molecule has 3 aromatic heterocycles. The summed E-state index contributed by atoms with van der Waals surface area (Å²) in [5.74, 6) is 0.854. The molecule has 3 rings (SSSR count). The monoisotopic (exact) mass is 241 g/mol. The van der Waals surface area contributed by atoms with Crippen LogP contribution in [-0.2, 0) is 0 Å². The number of pyridine rings is 2. The van der Waals surface area contributed by atoms with Gasteiger partial charge in [0.1, 0.15) is 0 Å². The number of anilines is 1. The van der Waals surface area contributed by atoms with Gasteiger partial charge in [-0.05, 0) is 24.3 Å². The first-order valence-electron chi connectivity index (χ1n) is 5.39. The molecule has 0 unspecified atom stereocenters. The van der Waals surface area contributed by atoms with Crippen molar-refractivity contribution >= 4 is 11.6 Å². The summed E-state index contributed by atoms with van der Waals surface area (Å²) >= 11 is 0. The van der Waals surface area contributed by atoms with Crippen LogP contribution in [0, 0.1) is 0 Å². The minimum Gasteiger partial charge on any atom is -0.493 e. The van der Waals surface area contributed by atoms with Gasteiger partial charge in [-0.25, -0.2) is 4.52 Å². The van der Waals surface area contributed by atoms with Crippen LogP contribution < -0.4 is 10.5 Å². The lowest BCUT2D eigenvalue weighted by atomic mass is 10.2. The third kappa shape index (κ3) is 1.55. The van der Waals surface area contributed by atoms with E-state index in [9.17, 15) is 0 Å². The maximum atomic E-state index is 5.65. The summed E-state index contributed by atoms with van der Waals surface area (Å²) in [4.78, 5) is 8.15. The smallest absolute Gasteiger partial charge is 0.240 e. The van der Waals surface area contributed by atoms with E-state index in [-0.39, 0.29) is 5.95 Å². The number of hydrogen-bond donors (Lipinski definition) is 1. The summed E-state index contributed by atoms with van der Waals surface area (Å²) in [7, 11) is 1.59. The van der Waals surface area contributed by atoms with Crippen molar-refractivity contribution in [2.75, 3.05) is 12.8 Å². The molecule has 0 atom stereocenters. The summed E-state index contributed by atoms with van der Waals surface area (Å²) in [6.07, 6.45) is 3.46. The number of rotatable bonds is 2. The van der Waals surface area contributed by atoms with Gasteiger partial charge < -0.3 is 10.5 Å². The van der Waals surface area contributed by atoms with Gasteiger partial charge in [-0.1, -0.05) is 0 Å². The molecule has 6 nitrogen and oxygen atoms in total. The van der Waals surface area contributed by atoms with Crippen LogP contribution in [0.15, 0.2) is 36.7 Å². The first-order valence-corrected chi connectivity index (χ1v) is 5.39. The zero-order valence-corrected chi connectivity index (χ0v) is 9.74. The Hall–Kier alpha value is -2.63. The van der Waals surface area contributed by atoms with Crippen LogP contribution in [0.1, 0.15) is 0 Å². The normalized spacial score (nSPS) is 10.7. The van der Waals surface area contributed by atoms with E-state index in [0.29, 0.717) is 11.4 Å². The second-order valence-corrected chi connectivity index (χ2v) is 3.73. The largest absolute Gasteiger partial charge is 0.493 e. The SMILES string of the molecule is COc1ccc(-c2ccncc2)n2nc(N)nc12. The van der Waals surface area contributed by atoms with Crippen LogP contribution in [0.2, 0.25) is 0 Å². The molecule has 2 N–H and O–H groups in total. The molecule has 0 aliphatic heterocycles. The van der Waals surface area contributed by atoms with Crippen molar-refractivity contribution < 1.29 is 4.74 Å². The lowest BCUT2D eigenvalue weighted by molar-refractivity contribution is 0.416. The number of ether oxygens (including phenoxy) is 1. The van der Waals surface area contributed by atoms with E-state index in [1.165, 1.54) is 0 Å². The average molecular weight is 241 g/mol. The van der Waals surface area contributed by atoms with Crippen LogP contribution in [0.3, 0.4) is 0 Å². The highest BCUT2D eigenvalue weighted by molar-refractivity contribution is 5.67. The second-order valence-electron chi connectivity index (χ2n) is 3.73. The van der Waals surface area contributed by atoms with Crippen LogP contribution in [0.25, 0.3) is 16.9 Å². The number of aromatic nitrogens is 4. The van der Waals surface area contributed by atoms with Gasteiger partial charge >= 0.3 is 0 Å². The van der Waals surface area contributed by atoms with Gasteiger partial charge in [0.2, 0.25) is 5.95 Å². The van der Waals surface area contributed by atoms with Crippen molar-refractivity contribution in [2.24, 2.45) is 0 Å². The summed E-state index contributed by atoms with van der Waals surface area (Å²) in [6, 6.07) is 7.56. The Morgan fingerprint density at radius 1 is 1.17 bits per heavy atom. The van der Waals surface area contributed by atoms with Crippen LogP contribution >= 0.6 is 0 Å². The quantitative estimate of drug-likeness (QED) is 0.733. The molecule has 90 valence electrons. The molecule has 3 heterocycles. The first kappa shape index (κ1) is 10.5. The Balaban J connectivity index is 2.31. The van der Waals surface area contributed by atoms with Gasteiger partial charge in [0.25, 0.3) is 0 Å². The minimum atomic E-state index is 0.217. The Kier molecular flexibility index (Phi) is 2.33. The second kappa shape index (κ2) is 3.99. The summed E-state index contributed by atoms with van der Waals surface area (Å²) < 4.78 is 6.91. The topological polar surface area (TPSA) is 78.3 Å². The van der Waals surface area contributed by atoms with Gasteiger partial charge in [-0.15, -0.1) is 5.10 Å². The first-order chi connectivity index (χ1) is 8.79. The molecule has 0 saturated heterocycles. The van der Waals surface area contributed by atoms with E-state index >= 15 is 0 Å². The Labute approximate surface area is 103 Å². The molecule has 0 saturated carbocycles. The molecule has 0 aromatic carbocycles. The zero-order chi connectivity index (χ0) is 12.5. The number of nitrogens with two attached hydrogens (primary N) is 1. The molecule has 6 heteroatoms. The van der Waals surface area contributed by atoms with E-state index in [2.05, 4.69) is 15.1 Å². The van der Waals surface area contributed by atoms with Crippen molar-refractivity contribution in [3.8, 4) is 17.0 Å². The molecular formula is C12H11N5O. The summed E-state index contributed by atoms with van der Waals surface area (Å²) in [6.45, 7) is 0. The van der Waals surface area contributed by atoms with E-state index in [1.807, 2.05) is 24.3 Å². The highest BCUT2D eigenvalue weighted by atomic mass is 16.5. The van der Waals surface area contributed by atoms with Crippen LogP contribution in [0.4, 0.5) is 5.95 Å². The van der Waals surface area contributed by atoms with Gasteiger partial charge in [-0.3, -0.25) is 4.98 Å². The van der Waals surface area contributed by atoms with Gasteiger partial charge in [0, 0.05) is 18.0 Å². The molecule has 0 aliphatic rings. The highest BCUT2D eigenvalue weighted by Crippen LogP contribution is 2.25. The van der Waals surface area contributed by atoms with E-state index in [1.54, 1.807) is 24.0 Å². The third-order valence-electron chi connectivity index (χ3n) is 2.66. The van der Waals surface area contributed by atoms with E-state index in [0.717, 1.165) is 11.3 Å². The van der Waals surface area contributed by atoms with Crippen molar-refractivity contribution in [3.05, 3.63) is 36.7 Å². The molecule has 0 radical (unpaired) electrons. The minimum absolute atomic E-state index is 0.217. The number of hydrogen-bond acceptors (Lipinski definition) is 5. The molecule has 0 bridgehead atoms. The Morgan fingerprint density at radius 2 is 1.94 bits per heavy atom. The van der Waals surface area contributed by atoms with Crippen molar-refractivity contribution in [1.29, 1.82) is 0 Å². The average Bonchev–Trinajstić information content (AvgIpc) is 2.80. The van der Waals surface area contributed by atoms with Crippen LogP contribution in [0.5, 0.6) is 5.75 Å². The lowest BCUT2D eigenvalue weighted by Crippen LogP contribution is -1.97. The standard InChI is InChI=1S/C12H11N5O/c1-18-10-3-2-9(8-4-6-14-7-5-8)17-11(10)15-12(13)16-17/h2-7H,1H3,(H2,13,16). The van der Waals surface area contributed by atoms with Crippen molar-refractivity contribution in [2.45, 2.75) is 0 Å². The maximum absolute atomic E-state index is 5.65. The molecule has 3 aromatic rings. The molecule has 18 heavy (non-hydrogen) atoms. The number of nitrogens with zero attached hydrogens (tertiary/aromatic N) is 4. The molecule has 0 fully saturated rings. The molecule has 0 amide bonds. The van der Waals surface area contributed by atoms with E-state index < -0.39 is 0 Å². The van der Waals surface area contributed by atoms with Crippen molar-refractivity contribution in [1.82, 2.24) is 19.6 Å². The Bertz CT molecular complexity index is 692. The third-order valence-corrected chi connectivity index (χ3v) is 2.66. The number of methoxy groups -OCH3 is 1. The fraction of sp³-hybridized carbons (Fsp3) is 0.0833. The number of nitrogen functional groups attached to an aromatic ring is 1. The van der Waals surface area contributed by atoms with Crippen molar-refractivity contribution in [3.63, 3.8) is 0 Å². The zero-order valence-electron chi connectivity index (χ0n) is 9.74. The Morgan fingerprint density at radius 3 is 2.67 bits per heavy atom. The maximum Gasteiger partial charge on any atom is 0.240 e. The molecule has 0 spiro atoms. The lowest BCUT2D eigenvalue weighted by Gasteiger charge is -2.06. The molecular weight excluding hydrogens is 230 g/mol. The predicted octanol–water partition coefficient (Wildman–Crippen LogP) is 1.38. The molecule has 0 aliphatic carbocycles. The van der Waals surface area contributed by atoms with Gasteiger partial charge in [0.15, 0.2) is 11.4 Å². The van der Waals surface area contributed by atoms with Gasteiger partial charge in [-0.2, -0.15) is 4.98 Å². The predicted molar refractivity (Wildman–Crippen MR) is 67.2 cm³/mol. The fourth-order valence-corrected chi connectivity index (χ4v) is 1.86. The highest BCUT2D eigenvalue weighted by Gasteiger charge is 2.11. The fourth-order valence-electron chi connectivity index (χ4n) is 1.86. The number of fused-ring (bicyclic) bond motifs is 1. The van der Waals surface area contributed by atoms with Gasteiger partial charge in [0.05, 0.1) is 12.8 Å². The van der Waals surface area contributed by atoms with E-state index in [4.69, 9.17) is 10.5 Å². The van der Waals surface area contributed by atoms with Crippen LogP contribution in [-0.4, -0.2) is 26.7 Å². The summed E-state index contributed by atoms with van der Waals surface area (Å²) in [5.41, 5.74) is 8.13. The summed E-state index contributed by atoms with van der Waals surface area (Å²) in [5, 5.41) is 4.18.